The molecule has 94 valence electrons. The number of hydrogen-bond acceptors (Lipinski definition) is 3. The summed E-state index contributed by atoms with van der Waals surface area (Å²) in [5.74, 6) is -0.377. The van der Waals surface area contributed by atoms with Crippen LogP contribution in [0, 0.1) is 6.92 Å². The second-order valence-corrected chi connectivity index (χ2v) is 4.76. The van der Waals surface area contributed by atoms with E-state index in [4.69, 9.17) is 4.74 Å². The van der Waals surface area contributed by atoms with Crippen LogP contribution in [-0.4, -0.2) is 17.1 Å². The van der Waals surface area contributed by atoms with Crippen LogP contribution in [0.5, 0.6) is 0 Å². The molecule has 1 rings (SSSR count). The summed E-state index contributed by atoms with van der Waals surface area (Å²) in [6, 6.07) is 1.72. The predicted molar refractivity (Wildman–Crippen MR) is 69.0 cm³/mol. The van der Waals surface area contributed by atoms with Crippen LogP contribution in [0.25, 0.3) is 0 Å². The highest BCUT2D eigenvalue weighted by Gasteiger charge is 2.07. The summed E-state index contributed by atoms with van der Waals surface area (Å²) in [7, 11) is 0. The molecule has 0 aliphatic rings. The van der Waals surface area contributed by atoms with E-state index in [9.17, 15) is 9.59 Å². The van der Waals surface area contributed by atoms with Crippen LogP contribution in [0.2, 0.25) is 0 Å². The zero-order chi connectivity index (χ0) is 12.8. The van der Waals surface area contributed by atoms with Crippen molar-refractivity contribution in [3.63, 3.8) is 0 Å². The summed E-state index contributed by atoms with van der Waals surface area (Å²) in [6.07, 6.45) is 3.41. The average Bonchev–Trinajstić information content (AvgIpc) is 2.25. The number of aryl methyl sites for hydroxylation is 1. The lowest BCUT2D eigenvalue weighted by Crippen LogP contribution is -2.26. The molecule has 0 aliphatic heterocycles. The summed E-state index contributed by atoms with van der Waals surface area (Å²) in [6.45, 7) is 4.11. The number of carbonyl (C=O) groups is 1. The number of halogens is 1. The van der Waals surface area contributed by atoms with Gasteiger partial charge in [0.15, 0.2) is 0 Å². The summed E-state index contributed by atoms with van der Waals surface area (Å²) in [5, 5.41) is 0. The molecule has 0 aliphatic carbocycles. The molecular weight excluding hydrogens is 286 g/mol. The van der Waals surface area contributed by atoms with Gasteiger partial charge in [-0.1, -0.05) is 13.3 Å². The third-order valence-electron chi connectivity index (χ3n) is 2.29. The first-order valence-electron chi connectivity index (χ1n) is 5.56. The number of ether oxygens (including phenoxy) is 1. The van der Waals surface area contributed by atoms with E-state index in [1.807, 2.05) is 6.92 Å². The minimum atomic E-state index is -0.377. The molecule has 5 heteroatoms. The third kappa shape index (κ3) is 4.34. The molecule has 17 heavy (non-hydrogen) atoms. The summed E-state index contributed by atoms with van der Waals surface area (Å²) in [5.41, 5.74) is 0.432. The highest BCUT2D eigenvalue weighted by atomic mass is 79.9. The van der Waals surface area contributed by atoms with E-state index in [1.54, 1.807) is 19.2 Å². The Labute approximate surface area is 109 Å². The lowest BCUT2D eigenvalue weighted by Gasteiger charge is -2.07. The molecule has 4 nitrogen and oxygen atoms in total. The monoisotopic (exact) mass is 301 g/mol. The Hall–Kier alpha value is -1.10. The van der Waals surface area contributed by atoms with Crippen LogP contribution in [0.4, 0.5) is 0 Å². The van der Waals surface area contributed by atoms with Crippen LogP contribution >= 0.6 is 15.9 Å². The van der Waals surface area contributed by atoms with Crippen molar-refractivity contribution in [2.45, 2.75) is 33.2 Å². The first-order valence-corrected chi connectivity index (χ1v) is 6.36. The highest BCUT2D eigenvalue weighted by Crippen LogP contribution is 2.08. The van der Waals surface area contributed by atoms with Crippen molar-refractivity contribution in [1.29, 1.82) is 0 Å². The molecule has 0 amide bonds. The second-order valence-electron chi connectivity index (χ2n) is 3.85. The molecule has 0 fully saturated rings. The van der Waals surface area contributed by atoms with Crippen LogP contribution in [-0.2, 0) is 16.1 Å². The maximum atomic E-state index is 11.7. The summed E-state index contributed by atoms with van der Waals surface area (Å²) in [4.78, 5) is 23.2. The molecule has 0 saturated heterocycles. The van der Waals surface area contributed by atoms with Crippen molar-refractivity contribution in [2.75, 3.05) is 6.61 Å². The van der Waals surface area contributed by atoms with Gasteiger partial charge in [-0.05, 0) is 35.3 Å². The van der Waals surface area contributed by atoms with Gasteiger partial charge in [-0.25, -0.2) is 0 Å². The Balaban J connectivity index is 2.68. The van der Waals surface area contributed by atoms with E-state index in [1.165, 1.54) is 4.57 Å². The van der Waals surface area contributed by atoms with Crippen LogP contribution in [0.15, 0.2) is 21.5 Å². The Morgan fingerprint density at radius 3 is 2.88 bits per heavy atom. The van der Waals surface area contributed by atoms with Gasteiger partial charge in [-0.2, -0.15) is 0 Å². The normalized spacial score (nSPS) is 10.3. The molecule has 0 aromatic carbocycles. The van der Waals surface area contributed by atoms with Gasteiger partial charge in [-0.15, -0.1) is 0 Å². The van der Waals surface area contributed by atoms with Gasteiger partial charge in [0.05, 0.1) is 6.61 Å². The highest BCUT2D eigenvalue weighted by molar-refractivity contribution is 9.10. The van der Waals surface area contributed by atoms with Gasteiger partial charge >= 0.3 is 5.97 Å². The predicted octanol–water partition coefficient (Wildman–Crippen LogP) is 2.26. The van der Waals surface area contributed by atoms with Crippen molar-refractivity contribution in [3.05, 3.63) is 32.7 Å². The van der Waals surface area contributed by atoms with Crippen molar-refractivity contribution in [2.24, 2.45) is 0 Å². The molecule has 1 aromatic rings. The number of esters is 1. The van der Waals surface area contributed by atoms with Gasteiger partial charge in [-0.3, -0.25) is 9.59 Å². The fourth-order valence-electron chi connectivity index (χ4n) is 1.37. The molecule has 0 bridgehead atoms. The first-order chi connectivity index (χ1) is 8.04. The lowest BCUT2D eigenvalue weighted by atomic mass is 10.3. The van der Waals surface area contributed by atoms with E-state index < -0.39 is 0 Å². The molecule has 1 heterocycles. The van der Waals surface area contributed by atoms with E-state index in [0.29, 0.717) is 12.2 Å². The zero-order valence-corrected chi connectivity index (χ0v) is 11.6. The number of aromatic nitrogens is 1. The smallest absolute Gasteiger partial charge is 0.326 e. The Morgan fingerprint density at radius 1 is 1.53 bits per heavy atom. The minimum absolute atomic E-state index is 0.0389. The number of carbonyl (C=O) groups excluding carboxylic acids is 1. The fraction of sp³-hybridized carbons (Fsp3) is 0.500. The van der Waals surface area contributed by atoms with Gasteiger partial charge in [0, 0.05) is 16.2 Å². The van der Waals surface area contributed by atoms with Crippen molar-refractivity contribution < 1.29 is 9.53 Å². The fourth-order valence-corrected chi connectivity index (χ4v) is 1.96. The topological polar surface area (TPSA) is 48.3 Å². The molecule has 0 radical (unpaired) electrons. The van der Waals surface area contributed by atoms with E-state index >= 15 is 0 Å². The molecule has 0 atom stereocenters. The Kier molecular flexibility index (Phi) is 5.41. The number of pyridine rings is 1. The largest absolute Gasteiger partial charge is 0.464 e. The lowest BCUT2D eigenvalue weighted by molar-refractivity contribution is -0.144. The molecule has 0 unspecified atom stereocenters. The molecule has 0 spiro atoms. The average molecular weight is 302 g/mol. The first kappa shape index (κ1) is 14.0. The standard InChI is InChI=1S/C12H16BrNO3/c1-3-4-5-17-11(15)8-14-7-10(13)6-9(2)12(14)16/h6-7H,3-5,8H2,1-2H3. The number of hydrogen-bond donors (Lipinski definition) is 0. The van der Waals surface area contributed by atoms with Crippen LogP contribution in [0.1, 0.15) is 25.3 Å². The maximum absolute atomic E-state index is 11.7. The molecule has 0 N–H and O–H groups in total. The summed E-state index contributed by atoms with van der Waals surface area (Å²) >= 11 is 3.29. The van der Waals surface area contributed by atoms with Crippen LogP contribution < -0.4 is 5.56 Å². The van der Waals surface area contributed by atoms with Crippen molar-refractivity contribution >= 4 is 21.9 Å². The van der Waals surface area contributed by atoms with Gasteiger partial charge in [0.2, 0.25) is 0 Å². The number of nitrogens with zero attached hydrogens (tertiary/aromatic N) is 1. The van der Waals surface area contributed by atoms with Crippen LogP contribution in [0.3, 0.4) is 0 Å². The SMILES string of the molecule is CCCCOC(=O)Cn1cc(Br)cc(C)c1=O. The summed E-state index contributed by atoms with van der Waals surface area (Å²) < 4.78 is 7.14. The van der Waals surface area contributed by atoms with Gasteiger partial charge < -0.3 is 9.30 Å². The molecule has 1 aromatic heterocycles. The van der Waals surface area contributed by atoms with Gasteiger partial charge in [0.25, 0.3) is 5.56 Å². The molecule has 0 saturated carbocycles. The second kappa shape index (κ2) is 6.59. The minimum Gasteiger partial charge on any atom is -0.464 e. The van der Waals surface area contributed by atoms with Crippen molar-refractivity contribution in [1.82, 2.24) is 4.57 Å². The number of rotatable bonds is 5. The Morgan fingerprint density at radius 2 is 2.24 bits per heavy atom. The zero-order valence-electron chi connectivity index (χ0n) is 10.0. The van der Waals surface area contributed by atoms with Crippen molar-refractivity contribution in [3.8, 4) is 0 Å². The quantitative estimate of drug-likeness (QED) is 0.619. The molecular formula is C12H16BrNO3. The Bertz CT molecular complexity index is 454. The van der Waals surface area contributed by atoms with E-state index in [0.717, 1.165) is 17.3 Å². The van der Waals surface area contributed by atoms with Gasteiger partial charge in [0.1, 0.15) is 6.54 Å². The number of unbranched alkanes of at least 4 members (excludes halogenated alkanes) is 1. The third-order valence-corrected chi connectivity index (χ3v) is 2.73. The van der Waals surface area contributed by atoms with E-state index in [-0.39, 0.29) is 18.1 Å². The van der Waals surface area contributed by atoms with E-state index in [2.05, 4.69) is 15.9 Å². The maximum Gasteiger partial charge on any atom is 0.326 e.